The fourth-order valence-electron chi connectivity index (χ4n) is 3.27. The first-order chi connectivity index (χ1) is 12.7. The SMILES string of the molecule is CC(C)(C)OC(=O)[C@H]1c2ccccc2Oc2ccc(Cl)cc2[C@@H]1C[N+](=O)[O-]. The standard InChI is InChI=1S/C20H20ClNO5/c1-20(2,3)27-19(23)18-13-6-4-5-7-16(13)26-17-9-8-12(21)10-14(17)15(18)11-22(24)25/h4-10,15,18H,11H2,1-3H3/t15-,18-/m0/s1. The van der Waals surface area contributed by atoms with Crippen molar-refractivity contribution in [1.29, 1.82) is 0 Å². The number of hydrogen-bond donors (Lipinski definition) is 0. The zero-order chi connectivity index (χ0) is 19.8. The van der Waals surface area contributed by atoms with Gasteiger partial charge in [-0.15, -0.1) is 0 Å². The van der Waals surface area contributed by atoms with E-state index in [0.29, 0.717) is 27.6 Å². The molecule has 1 heterocycles. The van der Waals surface area contributed by atoms with Crippen molar-refractivity contribution in [2.24, 2.45) is 0 Å². The topological polar surface area (TPSA) is 78.7 Å². The van der Waals surface area contributed by atoms with Gasteiger partial charge in [-0.3, -0.25) is 14.9 Å². The molecule has 3 rings (SSSR count). The number of hydrogen-bond acceptors (Lipinski definition) is 5. The van der Waals surface area contributed by atoms with Crippen molar-refractivity contribution < 1.29 is 19.2 Å². The number of para-hydroxylation sites is 1. The quantitative estimate of drug-likeness (QED) is 0.422. The predicted octanol–water partition coefficient (Wildman–Crippen LogP) is 4.93. The molecule has 0 aliphatic carbocycles. The Morgan fingerprint density at radius 1 is 1.19 bits per heavy atom. The monoisotopic (exact) mass is 389 g/mol. The maximum atomic E-state index is 13.1. The van der Waals surface area contributed by atoms with E-state index in [0.717, 1.165) is 0 Å². The van der Waals surface area contributed by atoms with Crippen molar-refractivity contribution in [3.05, 3.63) is 68.7 Å². The summed E-state index contributed by atoms with van der Waals surface area (Å²) in [5.74, 6) is -1.26. The molecule has 0 saturated heterocycles. The Bertz CT molecular complexity index is 890. The van der Waals surface area contributed by atoms with Crippen LogP contribution in [-0.4, -0.2) is 23.0 Å². The molecule has 0 saturated carbocycles. The molecule has 142 valence electrons. The van der Waals surface area contributed by atoms with Crippen LogP contribution in [0.15, 0.2) is 42.5 Å². The van der Waals surface area contributed by atoms with Crippen molar-refractivity contribution in [1.82, 2.24) is 0 Å². The average molecular weight is 390 g/mol. The Morgan fingerprint density at radius 2 is 1.85 bits per heavy atom. The fourth-order valence-corrected chi connectivity index (χ4v) is 3.45. The molecule has 1 aliphatic heterocycles. The van der Waals surface area contributed by atoms with Gasteiger partial charge in [0.05, 0.1) is 11.8 Å². The molecule has 1 aliphatic rings. The molecule has 2 atom stereocenters. The second-order valence-electron chi connectivity index (χ2n) is 7.45. The summed E-state index contributed by atoms with van der Waals surface area (Å²) in [6, 6.07) is 12.0. The molecule has 0 amide bonds. The van der Waals surface area contributed by atoms with Crippen LogP contribution in [0.5, 0.6) is 11.5 Å². The van der Waals surface area contributed by atoms with Crippen LogP contribution >= 0.6 is 11.6 Å². The third-order valence-corrected chi connectivity index (χ3v) is 4.49. The van der Waals surface area contributed by atoms with Gasteiger partial charge in [-0.1, -0.05) is 29.8 Å². The summed E-state index contributed by atoms with van der Waals surface area (Å²) in [5, 5.41) is 11.8. The van der Waals surface area contributed by atoms with E-state index in [-0.39, 0.29) is 0 Å². The summed E-state index contributed by atoms with van der Waals surface area (Å²) >= 11 is 6.14. The number of fused-ring (bicyclic) bond motifs is 2. The third kappa shape index (κ3) is 4.22. The molecule has 0 fully saturated rings. The maximum absolute atomic E-state index is 13.1. The zero-order valence-corrected chi connectivity index (χ0v) is 16.0. The van der Waals surface area contributed by atoms with Crippen molar-refractivity contribution in [2.75, 3.05) is 6.54 Å². The number of esters is 1. The number of carbonyl (C=O) groups is 1. The molecule has 0 aromatic heterocycles. The summed E-state index contributed by atoms with van der Waals surface area (Å²) in [4.78, 5) is 24.1. The predicted molar refractivity (Wildman–Crippen MR) is 101 cm³/mol. The molecule has 0 spiro atoms. The van der Waals surface area contributed by atoms with E-state index >= 15 is 0 Å². The van der Waals surface area contributed by atoms with E-state index in [2.05, 4.69) is 0 Å². The number of halogens is 1. The van der Waals surface area contributed by atoms with Crippen LogP contribution in [0.3, 0.4) is 0 Å². The Kier molecular flexibility index (Phi) is 5.11. The first-order valence-electron chi connectivity index (χ1n) is 8.56. The third-order valence-electron chi connectivity index (χ3n) is 4.25. The lowest BCUT2D eigenvalue weighted by Gasteiger charge is -2.27. The number of nitro groups is 1. The molecular weight excluding hydrogens is 370 g/mol. The molecular formula is C20H20ClNO5. The lowest BCUT2D eigenvalue weighted by atomic mass is 9.81. The molecule has 2 aromatic carbocycles. The molecule has 0 bridgehead atoms. The van der Waals surface area contributed by atoms with Crippen LogP contribution in [0.25, 0.3) is 0 Å². The first kappa shape index (κ1) is 19.2. The maximum Gasteiger partial charge on any atom is 0.314 e. The van der Waals surface area contributed by atoms with Crippen LogP contribution in [0.1, 0.15) is 43.7 Å². The largest absolute Gasteiger partial charge is 0.459 e. The normalized spacial score (nSPS) is 18.5. The van der Waals surface area contributed by atoms with Crippen LogP contribution in [-0.2, 0) is 9.53 Å². The van der Waals surface area contributed by atoms with E-state index < -0.39 is 34.9 Å². The number of ether oxygens (including phenoxy) is 2. The fraction of sp³-hybridized carbons (Fsp3) is 0.350. The number of benzene rings is 2. The Hall–Kier alpha value is -2.60. The Labute approximate surface area is 162 Å². The van der Waals surface area contributed by atoms with Crippen LogP contribution < -0.4 is 4.74 Å². The number of rotatable bonds is 3. The van der Waals surface area contributed by atoms with Crippen LogP contribution in [0.2, 0.25) is 5.02 Å². The van der Waals surface area contributed by atoms with Gasteiger partial charge in [-0.05, 0) is 45.0 Å². The lowest BCUT2D eigenvalue weighted by Crippen LogP contribution is -2.32. The summed E-state index contributed by atoms with van der Waals surface area (Å²) in [7, 11) is 0. The molecule has 7 heteroatoms. The highest BCUT2D eigenvalue weighted by Crippen LogP contribution is 2.47. The minimum Gasteiger partial charge on any atom is -0.459 e. The summed E-state index contributed by atoms with van der Waals surface area (Å²) in [5.41, 5.74) is 0.354. The minimum atomic E-state index is -0.884. The average Bonchev–Trinajstić information content (AvgIpc) is 2.67. The van der Waals surface area contributed by atoms with Gasteiger partial charge in [0.15, 0.2) is 0 Å². The van der Waals surface area contributed by atoms with E-state index in [4.69, 9.17) is 21.1 Å². The van der Waals surface area contributed by atoms with Crippen molar-refractivity contribution in [3.63, 3.8) is 0 Å². The Balaban J connectivity index is 2.21. The van der Waals surface area contributed by atoms with Gasteiger partial charge in [-0.25, -0.2) is 0 Å². The number of nitrogens with zero attached hydrogens (tertiary/aromatic N) is 1. The van der Waals surface area contributed by atoms with Gasteiger partial charge in [0.1, 0.15) is 17.1 Å². The molecule has 0 N–H and O–H groups in total. The van der Waals surface area contributed by atoms with Gasteiger partial charge in [0, 0.05) is 21.1 Å². The van der Waals surface area contributed by atoms with Gasteiger partial charge in [0.25, 0.3) is 0 Å². The lowest BCUT2D eigenvalue weighted by molar-refractivity contribution is -0.483. The molecule has 27 heavy (non-hydrogen) atoms. The second-order valence-corrected chi connectivity index (χ2v) is 7.89. The van der Waals surface area contributed by atoms with Gasteiger partial charge in [-0.2, -0.15) is 0 Å². The second kappa shape index (κ2) is 7.19. The first-order valence-corrected chi connectivity index (χ1v) is 8.94. The van der Waals surface area contributed by atoms with Crippen LogP contribution in [0.4, 0.5) is 0 Å². The van der Waals surface area contributed by atoms with Crippen molar-refractivity contribution in [3.8, 4) is 11.5 Å². The highest BCUT2D eigenvalue weighted by molar-refractivity contribution is 6.30. The molecule has 0 radical (unpaired) electrons. The van der Waals surface area contributed by atoms with Gasteiger partial charge >= 0.3 is 5.97 Å². The van der Waals surface area contributed by atoms with E-state index in [1.54, 1.807) is 63.2 Å². The molecule has 2 aromatic rings. The highest BCUT2D eigenvalue weighted by Gasteiger charge is 2.42. The van der Waals surface area contributed by atoms with Gasteiger partial charge in [0.2, 0.25) is 6.54 Å². The molecule has 6 nitrogen and oxygen atoms in total. The van der Waals surface area contributed by atoms with Crippen LogP contribution in [0, 0.1) is 10.1 Å². The van der Waals surface area contributed by atoms with E-state index in [1.165, 1.54) is 0 Å². The van der Waals surface area contributed by atoms with Gasteiger partial charge < -0.3 is 9.47 Å². The smallest absolute Gasteiger partial charge is 0.314 e. The molecule has 0 unspecified atom stereocenters. The highest BCUT2D eigenvalue weighted by atomic mass is 35.5. The van der Waals surface area contributed by atoms with Crippen molar-refractivity contribution in [2.45, 2.75) is 38.2 Å². The zero-order valence-electron chi connectivity index (χ0n) is 15.3. The summed E-state index contributed by atoms with van der Waals surface area (Å²) < 4.78 is 11.6. The number of carbonyl (C=O) groups excluding carboxylic acids is 1. The summed E-state index contributed by atoms with van der Waals surface area (Å²) in [6.07, 6.45) is 0. The van der Waals surface area contributed by atoms with E-state index in [1.807, 2.05) is 0 Å². The van der Waals surface area contributed by atoms with E-state index in [9.17, 15) is 14.9 Å². The minimum absolute atomic E-state index is 0.416. The summed E-state index contributed by atoms with van der Waals surface area (Å²) in [6.45, 7) is 4.83. The Morgan fingerprint density at radius 3 is 2.52 bits per heavy atom. The van der Waals surface area contributed by atoms with Crippen molar-refractivity contribution >= 4 is 17.6 Å².